The van der Waals surface area contributed by atoms with Gasteiger partial charge in [0.2, 0.25) is 0 Å². The van der Waals surface area contributed by atoms with Crippen molar-refractivity contribution in [2.24, 2.45) is 5.92 Å². The van der Waals surface area contributed by atoms with Crippen molar-refractivity contribution in [3.05, 3.63) is 27.3 Å². The average molecular weight is 379 g/mol. The maximum absolute atomic E-state index is 13.7. The zero-order valence-electron chi connectivity index (χ0n) is 9.96. The Morgan fingerprint density at radius 1 is 1.56 bits per heavy atom. The monoisotopic (exact) mass is 378 g/mol. The van der Waals surface area contributed by atoms with Crippen molar-refractivity contribution in [1.82, 2.24) is 9.55 Å². The molecule has 2 nitrogen and oxygen atoms in total. The third-order valence-electron chi connectivity index (χ3n) is 3.64. The van der Waals surface area contributed by atoms with E-state index in [-0.39, 0.29) is 5.82 Å². The van der Waals surface area contributed by atoms with Crippen LogP contribution in [0.4, 0.5) is 4.39 Å². The number of halogens is 3. The molecule has 0 amide bonds. The molecule has 5 heteroatoms. The van der Waals surface area contributed by atoms with Gasteiger partial charge < -0.3 is 4.57 Å². The Morgan fingerprint density at radius 2 is 2.28 bits per heavy atom. The van der Waals surface area contributed by atoms with Gasteiger partial charge in [-0.2, -0.15) is 0 Å². The highest BCUT2D eigenvalue weighted by atomic mass is 127. The second-order valence-electron chi connectivity index (χ2n) is 4.86. The van der Waals surface area contributed by atoms with Gasteiger partial charge in [-0.05, 0) is 54.3 Å². The molecule has 0 spiro atoms. The number of benzene rings is 1. The minimum Gasteiger partial charge on any atom is -0.324 e. The van der Waals surface area contributed by atoms with E-state index in [9.17, 15) is 4.39 Å². The summed E-state index contributed by atoms with van der Waals surface area (Å²) < 4.78 is 16.5. The van der Waals surface area contributed by atoms with Crippen LogP contribution in [0.1, 0.15) is 31.6 Å². The Hall–Kier alpha value is -0.360. The van der Waals surface area contributed by atoms with Gasteiger partial charge in [0.05, 0.1) is 20.5 Å². The molecule has 1 atom stereocenters. The molecule has 1 unspecified atom stereocenters. The quantitative estimate of drug-likeness (QED) is 0.568. The lowest BCUT2D eigenvalue weighted by Crippen LogP contribution is -2.10. The number of nitrogens with zero attached hydrogens (tertiary/aromatic N) is 2. The van der Waals surface area contributed by atoms with Crippen LogP contribution in [0.15, 0.2) is 12.1 Å². The average Bonchev–Trinajstić information content (AvgIpc) is 3.12. The van der Waals surface area contributed by atoms with E-state index >= 15 is 0 Å². The van der Waals surface area contributed by atoms with Crippen molar-refractivity contribution in [3.63, 3.8) is 0 Å². The molecule has 0 radical (unpaired) electrons. The van der Waals surface area contributed by atoms with E-state index in [0.29, 0.717) is 21.4 Å². The van der Waals surface area contributed by atoms with Crippen LogP contribution >= 0.6 is 34.2 Å². The zero-order chi connectivity index (χ0) is 12.9. The molecule has 0 aliphatic heterocycles. The molecule has 1 heterocycles. The van der Waals surface area contributed by atoms with Crippen LogP contribution in [-0.4, -0.2) is 9.55 Å². The number of hydrogen-bond acceptors (Lipinski definition) is 1. The molecule has 1 aliphatic carbocycles. The maximum Gasteiger partial charge on any atom is 0.138 e. The van der Waals surface area contributed by atoms with E-state index in [2.05, 4.69) is 16.5 Å². The summed E-state index contributed by atoms with van der Waals surface area (Å²) in [4.78, 5) is 4.52. The fraction of sp³-hybridized carbons (Fsp3) is 0.462. The molecule has 1 aromatic heterocycles. The lowest BCUT2D eigenvalue weighted by molar-refractivity contribution is 0.485. The minimum atomic E-state index is -0.187. The Labute approximate surface area is 124 Å². The predicted molar refractivity (Wildman–Crippen MR) is 79.4 cm³/mol. The second kappa shape index (κ2) is 4.63. The first-order valence-corrected chi connectivity index (χ1v) is 7.65. The molecule has 0 N–H and O–H groups in total. The second-order valence-corrected chi connectivity index (χ2v) is 6.29. The lowest BCUT2D eigenvalue weighted by atomic mass is 10.2. The minimum absolute atomic E-state index is 0.187. The molecule has 96 valence electrons. The standard InChI is InChI=1S/C13H13ClFIN2/c1-7(8-2-3-8)18-12-4-9(15)10(16)5-11(12)17-13(18)6-14/h4-5,7-8H,2-3,6H2,1H3. The van der Waals surface area contributed by atoms with Gasteiger partial charge >= 0.3 is 0 Å². The summed E-state index contributed by atoms with van der Waals surface area (Å²) in [6.45, 7) is 2.17. The number of rotatable bonds is 3. The van der Waals surface area contributed by atoms with Crippen molar-refractivity contribution >= 4 is 45.2 Å². The lowest BCUT2D eigenvalue weighted by Gasteiger charge is -2.16. The van der Waals surface area contributed by atoms with Crippen LogP contribution in [0.3, 0.4) is 0 Å². The third-order valence-corrected chi connectivity index (χ3v) is 4.70. The fourth-order valence-electron chi connectivity index (χ4n) is 2.48. The highest BCUT2D eigenvalue weighted by molar-refractivity contribution is 14.1. The van der Waals surface area contributed by atoms with E-state index in [0.717, 1.165) is 16.9 Å². The molecular formula is C13H13ClFIN2. The largest absolute Gasteiger partial charge is 0.324 e. The fourth-order valence-corrected chi connectivity index (χ4v) is 3.12. The van der Waals surface area contributed by atoms with E-state index in [1.165, 1.54) is 12.8 Å². The number of imidazole rings is 1. The van der Waals surface area contributed by atoms with Crippen molar-refractivity contribution < 1.29 is 4.39 Å². The van der Waals surface area contributed by atoms with Crippen LogP contribution in [0.5, 0.6) is 0 Å². The number of alkyl halides is 1. The molecule has 2 aromatic rings. The Balaban J connectivity index is 2.22. The van der Waals surface area contributed by atoms with Crippen molar-refractivity contribution in [3.8, 4) is 0 Å². The summed E-state index contributed by atoms with van der Waals surface area (Å²) >= 11 is 7.96. The van der Waals surface area contributed by atoms with Gasteiger partial charge in [0.25, 0.3) is 0 Å². The van der Waals surface area contributed by atoms with Crippen LogP contribution in [0.2, 0.25) is 0 Å². The molecule has 1 aromatic carbocycles. The molecule has 0 bridgehead atoms. The first kappa shape index (κ1) is 12.7. The van der Waals surface area contributed by atoms with Crippen molar-refractivity contribution in [2.45, 2.75) is 31.7 Å². The van der Waals surface area contributed by atoms with E-state index in [1.807, 2.05) is 22.6 Å². The molecule has 3 rings (SSSR count). The van der Waals surface area contributed by atoms with Crippen LogP contribution in [0.25, 0.3) is 11.0 Å². The first-order chi connectivity index (χ1) is 8.61. The first-order valence-electron chi connectivity index (χ1n) is 6.03. The summed E-state index contributed by atoms with van der Waals surface area (Å²) in [7, 11) is 0. The maximum atomic E-state index is 13.7. The summed E-state index contributed by atoms with van der Waals surface area (Å²) in [6.07, 6.45) is 2.49. The van der Waals surface area contributed by atoms with Gasteiger partial charge in [-0.3, -0.25) is 0 Å². The van der Waals surface area contributed by atoms with E-state index in [1.54, 1.807) is 12.1 Å². The Kier molecular flexibility index (Phi) is 3.26. The summed E-state index contributed by atoms with van der Waals surface area (Å²) in [5, 5.41) is 0. The van der Waals surface area contributed by atoms with Crippen molar-refractivity contribution in [1.29, 1.82) is 0 Å². The van der Waals surface area contributed by atoms with Crippen LogP contribution in [-0.2, 0) is 5.88 Å². The molecular weight excluding hydrogens is 366 g/mol. The topological polar surface area (TPSA) is 17.8 Å². The number of fused-ring (bicyclic) bond motifs is 1. The third kappa shape index (κ3) is 2.03. The van der Waals surface area contributed by atoms with E-state index in [4.69, 9.17) is 11.6 Å². The number of hydrogen-bond donors (Lipinski definition) is 0. The molecule has 1 fully saturated rings. The van der Waals surface area contributed by atoms with Crippen LogP contribution in [0, 0.1) is 15.3 Å². The van der Waals surface area contributed by atoms with Gasteiger partial charge in [-0.1, -0.05) is 0 Å². The highest BCUT2D eigenvalue weighted by Gasteiger charge is 2.31. The van der Waals surface area contributed by atoms with Gasteiger partial charge in [0.15, 0.2) is 0 Å². The molecule has 1 saturated carbocycles. The van der Waals surface area contributed by atoms with Gasteiger partial charge in [0.1, 0.15) is 11.6 Å². The summed E-state index contributed by atoms with van der Waals surface area (Å²) in [5.74, 6) is 1.71. The summed E-state index contributed by atoms with van der Waals surface area (Å²) in [6, 6.07) is 3.72. The number of aromatic nitrogens is 2. The Morgan fingerprint density at radius 3 is 2.89 bits per heavy atom. The molecule has 18 heavy (non-hydrogen) atoms. The zero-order valence-corrected chi connectivity index (χ0v) is 12.9. The molecule has 1 aliphatic rings. The summed E-state index contributed by atoms with van der Waals surface area (Å²) in [5.41, 5.74) is 1.70. The van der Waals surface area contributed by atoms with E-state index < -0.39 is 0 Å². The highest BCUT2D eigenvalue weighted by Crippen LogP contribution is 2.41. The van der Waals surface area contributed by atoms with Gasteiger partial charge in [-0.15, -0.1) is 11.6 Å². The smallest absolute Gasteiger partial charge is 0.138 e. The van der Waals surface area contributed by atoms with Crippen molar-refractivity contribution in [2.75, 3.05) is 0 Å². The van der Waals surface area contributed by atoms with Crippen LogP contribution < -0.4 is 0 Å². The van der Waals surface area contributed by atoms with Gasteiger partial charge in [0, 0.05) is 12.1 Å². The normalized spacial score (nSPS) is 17.3. The molecule has 0 saturated heterocycles. The Bertz CT molecular complexity index is 607. The predicted octanol–water partition coefficient (Wildman–Crippen LogP) is 4.49. The van der Waals surface area contributed by atoms with Gasteiger partial charge in [-0.25, -0.2) is 9.37 Å². The SMILES string of the molecule is CC(C1CC1)n1c(CCl)nc2cc(I)c(F)cc21.